The molecule has 0 saturated heterocycles. The van der Waals surface area contributed by atoms with Crippen molar-refractivity contribution < 1.29 is 14.7 Å². The number of amides is 1. The molecule has 1 heterocycles. The van der Waals surface area contributed by atoms with E-state index in [1.807, 2.05) is 30.3 Å². The van der Waals surface area contributed by atoms with Crippen molar-refractivity contribution in [3.8, 4) is 5.88 Å². The van der Waals surface area contributed by atoms with Gasteiger partial charge in [-0.1, -0.05) is 68.3 Å². The molecule has 28 heavy (non-hydrogen) atoms. The third-order valence-electron chi connectivity index (χ3n) is 4.52. The normalized spacial score (nSPS) is 10.8. The summed E-state index contributed by atoms with van der Waals surface area (Å²) >= 11 is 0. The minimum atomic E-state index is -0.508. The van der Waals surface area contributed by atoms with E-state index in [1.165, 1.54) is 0 Å². The van der Waals surface area contributed by atoms with Gasteiger partial charge in [-0.05, 0) is 18.1 Å². The van der Waals surface area contributed by atoms with Crippen molar-refractivity contribution in [1.29, 1.82) is 0 Å². The smallest absolute Gasteiger partial charge is 0.294 e. The lowest BCUT2D eigenvalue weighted by atomic mass is 10.1. The number of nitrogens with one attached hydrogen (secondary N) is 1. The van der Waals surface area contributed by atoms with Gasteiger partial charge in [0.25, 0.3) is 11.5 Å². The summed E-state index contributed by atoms with van der Waals surface area (Å²) in [5, 5.41) is 14.2. The molecule has 6 heteroatoms. The van der Waals surface area contributed by atoms with Crippen LogP contribution in [0.3, 0.4) is 0 Å². The number of benzene rings is 2. The predicted molar refractivity (Wildman–Crippen MR) is 108 cm³/mol. The van der Waals surface area contributed by atoms with Crippen LogP contribution in [-0.4, -0.2) is 22.3 Å². The molecule has 0 aliphatic heterocycles. The molecule has 6 nitrogen and oxygen atoms in total. The number of aromatic nitrogens is 1. The van der Waals surface area contributed by atoms with Crippen molar-refractivity contribution in [3.63, 3.8) is 0 Å². The maximum absolute atomic E-state index is 12.8. The van der Waals surface area contributed by atoms with Gasteiger partial charge in [-0.2, -0.15) is 0 Å². The second kappa shape index (κ2) is 9.08. The molecular weight excluding hydrogens is 356 g/mol. The van der Waals surface area contributed by atoms with E-state index in [0.717, 1.165) is 29.6 Å². The number of rotatable bonds is 8. The van der Waals surface area contributed by atoms with Crippen molar-refractivity contribution >= 4 is 16.7 Å². The maximum atomic E-state index is 12.8. The summed E-state index contributed by atoms with van der Waals surface area (Å²) in [5.74, 6) is -0.922. The van der Waals surface area contributed by atoms with E-state index in [9.17, 15) is 14.7 Å². The lowest BCUT2D eigenvalue weighted by Gasteiger charge is -2.16. The largest absolute Gasteiger partial charge is 0.492 e. The monoisotopic (exact) mass is 380 g/mol. The number of hydrogen-bond donors (Lipinski definition) is 2. The summed E-state index contributed by atoms with van der Waals surface area (Å²) in [5.41, 5.74) is 0.374. The molecule has 0 fully saturated rings. The number of aromatic hydroxyl groups is 1. The van der Waals surface area contributed by atoms with Gasteiger partial charge in [0, 0.05) is 11.9 Å². The van der Waals surface area contributed by atoms with Gasteiger partial charge < -0.3 is 15.3 Å². The molecule has 0 aliphatic carbocycles. The third-order valence-corrected chi connectivity index (χ3v) is 4.52. The first-order valence-corrected chi connectivity index (χ1v) is 9.45. The number of unbranched alkanes of at least 4 members (excludes halogenated alkanes) is 2. The number of carbonyl (C=O) groups is 1. The summed E-state index contributed by atoms with van der Waals surface area (Å²) in [7, 11) is 0. The molecule has 146 valence electrons. The Morgan fingerprint density at radius 2 is 1.71 bits per heavy atom. The Kier molecular flexibility index (Phi) is 6.32. The molecule has 1 aromatic heterocycles. The van der Waals surface area contributed by atoms with Crippen LogP contribution in [0.5, 0.6) is 5.88 Å². The highest BCUT2D eigenvalue weighted by Crippen LogP contribution is 2.24. The van der Waals surface area contributed by atoms with Gasteiger partial charge in [-0.15, -0.1) is 4.73 Å². The van der Waals surface area contributed by atoms with Crippen LogP contribution in [0.1, 0.15) is 42.1 Å². The minimum Gasteiger partial charge on any atom is -0.492 e. The number of fused-ring (bicyclic) bond motifs is 1. The van der Waals surface area contributed by atoms with Crippen LogP contribution in [0.25, 0.3) is 10.8 Å². The number of nitrogens with zero attached hydrogens (tertiary/aromatic N) is 1. The Morgan fingerprint density at radius 1 is 1.04 bits per heavy atom. The zero-order chi connectivity index (χ0) is 19.9. The second-order valence-electron chi connectivity index (χ2n) is 6.57. The molecule has 0 saturated carbocycles. The van der Waals surface area contributed by atoms with Gasteiger partial charge >= 0.3 is 0 Å². The first-order valence-electron chi connectivity index (χ1n) is 9.45. The van der Waals surface area contributed by atoms with E-state index < -0.39 is 17.3 Å². The Hall–Kier alpha value is -3.28. The number of carbonyl (C=O) groups excluding carboxylic acids is 1. The Balaban J connectivity index is 1.97. The molecule has 3 rings (SSSR count). The summed E-state index contributed by atoms with van der Waals surface area (Å²) in [6.07, 6.45) is 2.90. The van der Waals surface area contributed by atoms with E-state index in [4.69, 9.17) is 4.84 Å². The molecule has 0 radical (unpaired) electrons. The fraction of sp³-hybridized carbons (Fsp3) is 0.273. The lowest BCUT2D eigenvalue weighted by Crippen LogP contribution is -2.31. The minimum absolute atomic E-state index is 0.0414. The molecule has 0 aliphatic rings. The molecule has 2 N–H and O–H groups in total. The van der Waals surface area contributed by atoms with Gasteiger partial charge in [0.1, 0.15) is 12.2 Å². The fourth-order valence-corrected chi connectivity index (χ4v) is 3.04. The molecule has 1 amide bonds. The quantitative estimate of drug-likeness (QED) is 0.588. The van der Waals surface area contributed by atoms with Crippen LogP contribution in [0.15, 0.2) is 59.4 Å². The predicted octanol–water partition coefficient (Wildman–Crippen LogP) is 3.26. The standard InChI is InChI=1S/C22H24N2O4/c1-2-3-9-14-23-20(25)19-17-12-7-8-13-18(17)21(26)24(22(19)27)28-15-16-10-5-4-6-11-16/h4-8,10-13,27H,2-3,9,14-15H2,1H3,(H,23,25). The van der Waals surface area contributed by atoms with Crippen LogP contribution in [0.2, 0.25) is 0 Å². The van der Waals surface area contributed by atoms with Gasteiger partial charge in [0.15, 0.2) is 0 Å². The maximum Gasteiger partial charge on any atom is 0.294 e. The van der Waals surface area contributed by atoms with Crippen molar-refractivity contribution in [2.75, 3.05) is 6.54 Å². The van der Waals surface area contributed by atoms with Crippen molar-refractivity contribution in [2.24, 2.45) is 0 Å². The van der Waals surface area contributed by atoms with E-state index in [1.54, 1.807) is 24.3 Å². The first kappa shape index (κ1) is 19.5. The lowest BCUT2D eigenvalue weighted by molar-refractivity contribution is 0.0699. The van der Waals surface area contributed by atoms with Crippen molar-refractivity contribution in [2.45, 2.75) is 32.8 Å². The van der Waals surface area contributed by atoms with Crippen LogP contribution in [0, 0.1) is 0 Å². The summed E-state index contributed by atoms with van der Waals surface area (Å²) in [4.78, 5) is 31.1. The highest BCUT2D eigenvalue weighted by atomic mass is 16.7. The fourth-order valence-electron chi connectivity index (χ4n) is 3.04. The van der Waals surface area contributed by atoms with Crippen LogP contribution in [0.4, 0.5) is 0 Å². The molecule has 3 aromatic rings. The van der Waals surface area contributed by atoms with Gasteiger partial charge in [-0.25, -0.2) is 0 Å². The zero-order valence-corrected chi connectivity index (χ0v) is 15.9. The summed E-state index contributed by atoms with van der Waals surface area (Å²) in [6, 6.07) is 16.0. The molecular formula is C22H24N2O4. The molecule has 0 spiro atoms. The Bertz CT molecular complexity index is 1010. The van der Waals surface area contributed by atoms with E-state index >= 15 is 0 Å². The van der Waals surface area contributed by atoms with Crippen molar-refractivity contribution in [1.82, 2.24) is 10.0 Å². The van der Waals surface area contributed by atoms with Crippen LogP contribution >= 0.6 is 0 Å². The van der Waals surface area contributed by atoms with E-state index in [0.29, 0.717) is 17.3 Å². The highest BCUT2D eigenvalue weighted by molar-refractivity contribution is 6.08. The molecule has 0 bridgehead atoms. The number of pyridine rings is 1. The SMILES string of the molecule is CCCCCNC(=O)c1c(O)n(OCc2ccccc2)c(=O)c2ccccc12. The van der Waals surface area contributed by atoms with E-state index in [-0.39, 0.29) is 12.2 Å². The van der Waals surface area contributed by atoms with E-state index in [2.05, 4.69) is 12.2 Å². The summed E-state index contributed by atoms with van der Waals surface area (Å²) in [6.45, 7) is 2.68. The average Bonchev–Trinajstić information content (AvgIpc) is 2.72. The van der Waals surface area contributed by atoms with Gasteiger partial charge in [-0.3, -0.25) is 9.59 Å². The molecule has 0 unspecified atom stereocenters. The number of hydrogen-bond acceptors (Lipinski definition) is 4. The Labute approximate surface area is 163 Å². The van der Waals surface area contributed by atoms with Gasteiger partial charge in [0.2, 0.25) is 5.88 Å². The first-order chi connectivity index (χ1) is 13.6. The van der Waals surface area contributed by atoms with Crippen LogP contribution in [-0.2, 0) is 6.61 Å². The highest BCUT2D eigenvalue weighted by Gasteiger charge is 2.22. The molecule has 0 atom stereocenters. The van der Waals surface area contributed by atoms with Crippen LogP contribution < -0.4 is 15.7 Å². The average molecular weight is 380 g/mol. The Morgan fingerprint density at radius 3 is 2.43 bits per heavy atom. The van der Waals surface area contributed by atoms with Gasteiger partial charge in [0.05, 0.1) is 5.39 Å². The topological polar surface area (TPSA) is 80.6 Å². The van der Waals surface area contributed by atoms with Crippen molar-refractivity contribution in [3.05, 3.63) is 76.1 Å². The zero-order valence-electron chi connectivity index (χ0n) is 15.9. The second-order valence-corrected chi connectivity index (χ2v) is 6.57. The molecule has 2 aromatic carbocycles. The third kappa shape index (κ3) is 4.17. The summed E-state index contributed by atoms with van der Waals surface area (Å²) < 4.78 is 0.802.